The molecule has 5 atom stereocenters. The van der Waals surface area contributed by atoms with Crippen molar-refractivity contribution >= 4 is 16.9 Å². The minimum absolute atomic E-state index is 0.0810. The van der Waals surface area contributed by atoms with Crippen molar-refractivity contribution in [3.63, 3.8) is 0 Å². The Morgan fingerprint density at radius 2 is 1.65 bits per heavy atom. The lowest BCUT2D eigenvalue weighted by molar-refractivity contribution is -0.271. The molecule has 0 bridgehead atoms. The maximum absolute atomic E-state index is 13.2. The van der Waals surface area contributed by atoms with Crippen molar-refractivity contribution in [2.45, 2.75) is 68.9 Å². The molecule has 2 aliphatic rings. The zero-order valence-electron chi connectivity index (χ0n) is 21.6. The van der Waals surface area contributed by atoms with Crippen molar-refractivity contribution in [1.82, 2.24) is 0 Å². The SMILES string of the molecule is COc1ccc(-c2cc(=O)c3c(O)c(OC4CCCCC4)c(OC4OC(C(=O)O)C(O)C(O)C4O)cc3o2)cc1. The van der Waals surface area contributed by atoms with Gasteiger partial charge in [-0.3, -0.25) is 4.79 Å². The fraction of sp³-hybridized carbons (Fsp3) is 0.429. The van der Waals surface area contributed by atoms with E-state index < -0.39 is 47.9 Å². The molecular weight excluding hydrogens is 528 g/mol. The Morgan fingerprint density at radius 3 is 2.30 bits per heavy atom. The van der Waals surface area contributed by atoms with Crippen molar-refractivity contribution in [3.8, 4) is 34.3 Å². The zero-order valence-corrected chi connectivity index (χ0v) is 21.6. The first-order chi connectivity index (χ1) is 19.2. The van der Waals surface area contributed by atoms with E-state index in [0.717, 1.165) is 19.3 Å². The smallest absolute Gasteiger partial charge is 0.335 e. The average Bonchev–Trinajstić information content (AvgIpc) is 2.95. The van der Waals surface area contributed by atoms with Crippen LogP contribution in [0.5, 0.6) is 23.0 Å². The summed E-state index contributed by atoms with van der Waals surface area (Å²) >= 11 is 0. The Kier molecular flexibility index (Phi) is 7.86. The Labute approximate surface area is 227 Å². The van der Waals surface area contributed by atoms with E-state index in [-0.39, 0.29) is 34.3 Å². The summed E-state index contributed by atoms with van der Waals surface area (Å²) in [6.07, 6.45) is -5.45. The van der Waals surface area contributed by atoms with E-state index in [9.17, 15) is 35.1 Å². The van der Waals surface area contributed by atoms with E-state index >= 15 is 0 Å². The highest BCUT2D eigenvalue weighted by atomic mass is 16.7. The zero-order chi connectivity index (χ0) is 28.6. The second-order valence-corrected chi connectivity index (χ2v) is 9.86. The average molecular weight is 559 g/mol. The lowest BCUT2D eigenvalue weighted by atomic mass is 9.97. The molecule has 1 saturated carbocycles. The number of aliphatic carboxylic acids is 1. The molecule has 3 aromatic rings. The third-order valence-electron chi connectivity index (χ3n) is 7.18. The predicted octanol–water partition coefficient (Wildman–Crippen LogP) is 2.16. The molecule has 2 fully saturated rings. The van der Waals surface area contributed by atoms with Crippen LogP contribution in [0.25, 0.3) is 22.3 Å². The third kappa shape index (κ3) is 5.30. The largest absolute Gasteiger partial charge is 0.504 e. The maximum Gasteiger partial charge on any atom is 0.335 e. The third-order valence-corrected chi connectivity index (χ3v) is 7.18. The Balaban J connectivity index is 1.60. The van der Waals surface area contributed by atoms with Crippen LogP contribution < -0.4 is 19.6 Å². The summed E-state index contributed by atoms with van der Waals surface area (Å²) < 4.78 is 28.2. The first-order valence-corrected chi connectivity index (χ1v) is 12.9. The number of aromatic hydroxyl groups is 1. The van der Waals surface area contributed by atoms with Gasteiger partial charge in [-0.25, -0.2) is 4.79 Å². The fourth-order valence-corrected chi connectivity index (χ4v) is 4.98. The van der Waals surface area contributed by atoms with E-state index in [2.05, 4.69) is 0 Å². The number of carboxylic acids is 1. The first-order valence-electron chi connectivity index (χ1n) is 12.9. The summed E-state index contributed by atoms with van der Waals surface area (Å²) in [5.74, 6) is -1.79. The van der Waals surface area contributed by atoms with Gasteiger partial charge in [0.2, 0.25) is 12.0 Å². The predicted molar refractivity (Wildman–Crippen MR) is 139 cm³/mol. The summed E-state index contributed by atoms with van der Waals surface area (Å²) in [5, 5.41) is 51.2. The van der Waals surface area contributed by atoms with Crippen molar-refractivity contribution < 1.29 is 53.7 Å². The fourth-order valence-electron chi connectivity index (χ4n) is 4.98. The molecule has 5 rings (SSSR count). The van der Waals surface area contributed by atoms with Gasteiger partial charge in [-0.1, -0.05) is 6.42 Å². The van der Waals surface area contributed by atoms with Gasteiger partial charge in [0.15, 0.2) is 23.0 Å². The number of carbonyl (C=O) groups is 1. The van der Waals surface area contributed by atoms with Gasteiger partial charge in [-0.15, -0.1) is 0 Å². The Morgan fingerprint density at radius 1 is 0.950 bits per heavy atom. The molecule has 12 heteroatoms. The van der Waals surface area contributed by atoms with Crippen molar-refractivity contribution in [2.75, 3.05) is 7.11 Å². The number of aliphatic hydroxyl groups excluding tert-OH is 3. The van der Waals surface area contributed by atoms with Gasteiger partial charge in [-0.2, -0.15) is 0 Å². The molecule has 1 aliphatic carbocycles. The quantitative estimate of drug-likeness (QED) is 0.285. The van der Waals surface area contributed by atoms with Crippen molar-refractivity contribution in [2.24, 2.45) is 0 Å². The summed E-state index contributed by atoms with van der Waals surface area (Å²) in [6.45, 7) is 0. The normalized spacial score (nSPS) is 25.4. The van der Waals surface area contributed by atoms with Crippen LogP contribution in [0.2, 0.25) is 0 Å². The molecule has 214 valence electrons. The summed E-state index contributed by atoms with van der Waals surface area (Å²) in [7, 11) is 1.52. The minimum atomic E-state index is -1.92. The van der Waals surface area contributed by atoms with E-state index in [1.807, 2.05) is 0 Å². The molecule has 5 N–H and O–H groups in total. The molecule has 5 unspecified atom stereocenters. The highest BCUT2D eigenvalue weighted by Crippen LogP contribution is 2.45. The first kappa shape index (κ1) is 27.7. The van der Waals surface area contributed by atoms with Gasteiger partial charge in [0.05, 0.1) is 13.2 Å². The lowest BCUT2D eigenvalue weighted by Gasteiger charge is -2.38. The van der Waals surface area contributed by atoms with E-state index in [4.69, 9.17) is 23.4 Å². The number of methoxy groups -OCH3 is 1. The van der Waals surface area contributed by atoms with Crippen LogP contribution in [0, 0.1) is 0 Å². The molecule has 12 nitrogen and oxygen atoms in total. The van der Waals surface area contributed by atoms with Gasteiger partial charge in [0.1, 0.15) is 40.8 Å². The molecule has 1 saturated heterocycles. The Hall–Kier alpha value is -3.84. The van der Waals surface area contributed by atoms with Gasteiger partial charge in [0.25, 0.3) is 0 Å². The highest BCUT2D eigenvalue weighted by molar-refractivity contribution is 5.89. The van der Waals surface area contributed by atoms with Crippen LogP contribution >= 0.6 is 0 Å². The van der Waals surface area contributed by atoms with Crippen LogP contribution in [0.1, 0.15) is 32.1 Å². The lowest BCUT2D eigenvalue weighted by Crippen LogP contribution is -2.61. The molecule has 40 heavy (non-hydrogen) atoms. The number of hydrogen-bond acceptors (Lipinski definition) is 11. The van der Waals surface area contributed by atoms with Crippen LogP contribution in [-0.2, 0) is 9.53 Å². The number of phenolic OH excluding ortho intramolecular Hbond substituents is 1. The van der Waals surface area contributed by atoms with E-state index in [0.29, 0.717) is 24.2 Å². The summed E-state index contributed by atoms with van der Waals surface area (Å²) in [4.78, 5) is 24.7. The topological polar surface area (TPSA) is 185 Å². The van der Waals surface area contributed by atoms with E-state index in [1.54, 1.807) is 24.3 Å². The molecule has 1 aliphatic heterocycles. The number of hydrogen-bond donors (Lipinski definition) is 5. The monoisotopic (exact) mass is 558 g/mol. The molecular formula is C28H30O12. The number of carboxylic acid groups (broad SMARTS) is 1. The molecule has 0 spiro atoms. The van der Waals surface area contributed by atoms with Crippen molar-refractivity contribution in [1.29, 1.82) is 0 Å². The van der Waals surface area contributed by atoms with Crippen molar-refractivity contribution in [3.05, 3.63) is 46.6 Å². The molecule has 2 aromatic carbocycles. The second kappa shape index (κ2) is 11.3. The number of fused-ring (bicyclic) bond motifs is 1. The van der Waals surface area contributed by atoms with Gasteiger partial charge in [0, 0.05) is 17.7 Å². The minimum Gasteiger partial charge on any atom is -0.504 e. The summed E-state index contributed by atoms with van der Waals surface area (Å²) in [5.41, 5.74) is -0.0812. The van der Waals surface area contributed by atoms with Crippen LogP contribution in [-0.4, -0.2) is 75.4 Å². The van der Waals surface area contributed by atoms with Gasteiger partial charge in [-0.05, 0) is 49.9 Å². The molecule has 1 aromatic heterocycles. The number of phenols is 1. The molecule has 0 amide bonds. The Bertz CT molecular complexity index is 1430. The second-order valence-electron chi connectivity index (χ2n) is 9.86. The molecule has 2 heterocycles. The number of benzene rings is 2. The molecule has 0 radical (unpaired) electrons. The standard InChI is InChI=1S/C28H30O12/c1-36-14-9-7-13(8-10-14)17-11-16(29)20-18(38-17)12-19(25(21(20)30)37-15-5-3-2-4-6-15)39-28-24(33)22(31)23(32)26(40-28)27(34)35/h7-12,15,22-24,26,28,30-33H,2-6H2,1H3,(H,34,35). The maximum atomic E-state index is 13.2. The van der Waals surface area contributed by atoms with E-state index in [1.165, 1.54) is 19.2 Å². The summed E-state index contributed by atoms with van der Waals surface area (Å²) in [6, 6.07) is 9.25. The van der Waals surface area contributed by atoms with Gasteiger partial charge < -0.3 is 48.9 Å². The van der Waals surface area contributed by atoms with Crippen LogP contribution in [0.3, 0.4) is 0 Å². The number of rotatable bonds is 7. The number of ether oxygens (including phenoxy) is 4. The number of aliphatic hydroxyl groups is 3. The van der Waals surface area contributed by atoms with Crippen LogP contribution in [0.15, 0.2) is 45.6 Å². The highest BCUT2D eigenvalue weighted by Gasteiger charge is 2.48. The van der Waals surface area contributed by atoms with Gasteiger partial charge >= 0.3 is 5.97 Å². The van der Waals surface area contributed by atoms with Crippen LogP contribution in [0.4, 0.5) is 0 Å².